The van der Waals surface area contributed by atoms with E-state index in [-0.39, 0.29) is 5.56 Å². The summed E-state index contributed by atoms with van der Waals surface area (Å²) in [6.07, 6.45) is 5.85. The van der Waals surface area contributed by atoms with Gasteiger partial charge >= 0.3 is 0 Å². The molecule has 0 fully saturated rings. The Morgan fingerprint density at radius 1 is 1.04 bits per heavy atom. The summed E-state index contributed by atoms with van der Waals surface area (Å²) >= 11 is 1.69. The zero-order valence-electron chi connectivity index (χ0n) is 13.0. The van der Waals surface area contributed by atoms with E-state index in [0.29, 0.717) is 0 Å². The van der Waals surface area contributed by atoms with Crippen LogP contribution in [0.2, 0.25) is 0 Å². The Hall–Kier alpha value is -2.27. The SMILES string of the molecule is Cn1nc(-c2ccc(-c3ccccn3)s2)c2c(c1=O)CCCC2. The van der Waals surface area contributed by atoms with Crippen LogP contribution in [0, 0.1) is 0 Å². The third kappa shape index (κ3) is 2.51. The quantitative estimate of drug-likeness (QED) is 0.726. The molecule has 0 amide bonds. The van der Waals surface area contributed by atoms with Crippen molar-refractivity contribution in [3.63, 3.8) is 0 Å². The molecule has 23 heavy (non-hydrogen) atoms. The van der Waals surface area contributed by atoms with E-state index >= 15 is 0 Å². The Morgan fingerprint density at radius 2 is 1.83 bits per heavy atom. The highest BCUT2D eigenvalue weighted by Gasteiger charge is 2.21. The highest BCUT2D eigenvalue weighted by molar-refractivity contribution is 7.18. The number of nitrogens with zero attached hydrogens (tertiary/aromatic N) is 3. The minimum atomic E-state index is 0.0601. The first-order valence-corrected chi connectivity index (χ1v) is 8.66. The second-order valence-electron chi connectivity index (χ2n) is 5.82. The maximum atomic E-state index is 12.3. The number of rotatable bonds is 2. The summed E-state index contributed by atoms with van der Waals surface area (Å²) in [6, 6.07) is 10.1. The number of hydrogen-bond donors (Lipinski definition) is 0. The van der Waals surface area contributed by atoms with Gasteiger partial charge in [0.15, 0.2) is 0 Å². The zero-order chi connectivity index (χ0) is 15.8. The van der Waals surface area contributed by atoms with E-state index in [9.17, 15) is 4.79 Å². The molecule has 0 spiro atoms. The monoisotopic (exact) mass is 323 g/mol. The molecular weight excluding hydrogens is 306 g/mol. The van der Waals surface area contributed by atoms with Crippen molar-refractivity contribution in [3.05, 3.63) is 58.0 Å². The van der Waals surface area contributed by atoms with E-state index in [1.165, 1.54) is 4.68 Å². The van der Waals surface area contributed by atoms with E-state index in [1.807, 2.05) is 18.2 Å². The van der Waals surface area contributed by atoms with Gasteiger partial charge in [-0.05, 0) is 55.5 Å². The molecule has 0 N–H and O–H groups in total. The van der Waals surface area contributed by atoms with Crippen LogP contribution in [0.5, 0.6) is 0 Å². The molecule has 3 aromatic heterocycles. The number of aryl methyl sites for hydroxylation is 1. The van der Waals surface area contributed by atoms with Crippen LogP contribution in [-0.4, -0.2) is 14.8 Å². The third-order valence-corrected chi connectivity index (χ3v) is 5.43. The van der Waals surface area contributed by atoms with Crippen LogP contribution < -0.4 is 5.56 Å². The summed E-state index contributed by atoms with van der Waals surface area (Å²) in [5.41, 5.74) is 4.10. The Balaban J connectivity index is 1.84. The summed E-state index contributed by atoms with van der Waals surface area (Å²) in [5.74, 6) is 0. The Morgan fingerprint density at radius 3 is 2.61 bits per heavy atom. The maximum absolute atomic E-state index is 12.3. The highest BCUT2D eigenvalue weighted by atomic mass is 32.1. The number of aromatic nitrogens is 3. The summed E-state index contributed by atoms with van der Waals surface area (Å²) in [5, 5.41) is 4.56. The topological polar surface area (TPSA) is 47.8 Å². The number of thiophene rings is 1. The fourth-order valence-corrected chi connectivity index (χ4v) is 4.16. The summed E-state index contributed by atoms with van der Waals surface area (Å²) in [6.45, 7) is 0. The van der Waals surface area contributed by atoms with Gasteiger partial charge in [-0.15, -0.1) is 11.3 Å². The van der Waals surface area contributed by atoms with Crippen LogP contribution >= 0.6 is 11.3 Å². The second-order valence-corrected chi connectivity index (χ2v) is 6.90. The number of pyridine rings is 1. The molecule has 5 heteroatoms. The molecule has 0 radical (unpaired) electrons. The minimum Gasteiger partial charge on any atom is -0.268 e. The molecule has 0 saturated carbocycles. The van der Waals surface area contributed by atoms with E-state index in [2.05, 4.69) is 22.2 Å². The van der Waals surface area contributed by atoms with Crippen LogP contribution in [-0.2, 0) is 19.9 Å². The van der Waals surface area contributed by atoms with Crippen molar-refractivity contribution < 1.29 is 0 Å². The summed E-state index contributed by atoms with van der Waals surface area (Å²) in [7, 11) is 1.74. The smallest absolute Gasteiger partial charge is 0.268 e. The largest absolute Gasteiger partial charge is 0.269 e. The Bertz CT molecular complexity index is 912. The van der Waals surface area contributed by atoms with Gasteiger partial charge in [-0.1, -0.05) is 6.07 Å². The van der Waals surface area contributed by atoms with Crippen LogP contribution in [0.1, 0.15) is 24.0 Å². The van der Waals surface area contributed by atoms with Gasteiger partial charge in [0.1, 0.15) is 5.69 Å². The molecule has 1 aliphatic carbocycles. The van der Waals surface area contributed by atoms with Crippen LogP contribution in [0.3, 0.4) is 0 Å². The van der Waals surface area contributed by atoms with E-state index in [1.54, 1.807) is 24.6 Å². The first kappa shape index (κ1) is 14.3. The molecule has 4 nitrogen and oxygen atoms in total. The summed E-state index contributed by atoms with van der Waals surface area (Å²) in [4.78, 5) is 19.0. The average molecular weight is 323 g/mol. The Labute approximate surface area is 138 Å². The van der Waals surface area contributed by atoms with Crippen LogP contribution in [0.15, 0.2) is 41.3 Å². The normalized spacial score (nSPS) is 13.8. The first-order valence-electron chi connectivity index (χ1n) is 7.85. The molecule has 0 saturated heterocycles. The fraction of sp³-hybridized carbons (Fsp3) is 0.278. The molecular formula is C18H17N3OS. The van der Waals surface area contributed by atoms with Crippen molar-refractivity contribution in [2.75, 3.05) is 0 Å². The van der Waals surface area contributed by atoms with Crippen molar-refractivity contribution in [2.45, 2.75) is 25.7 Å². The molecule has 0 bridgehead atoms. The lowest BCUT2D eigenvalue weighted by molar-refractivity contribution is 0.628. The molecule has 0 aliphatic heterocycles. The van der Waals surface area contributed by atoms with Gasteiger partial charge in [0, 0.05) is 18.8 Å². The lowest BCUT2D eigenvalue weighted by Gasteiger charge is -2.18. The molecule has 3 heterocycles. The lowest BCUT2D eigenvalue weighted by Crippen LogP contribution is -2.28. The molecule has 3 aromatic rings. The third-order valence-electron chi connectivity index (χ3n) is 4.31. The standard InChI is InChI=1S/C18H17N3OS/c1-21-18(22)13-7-3-2-6-12(13)17(20-21)16-10-9-15(23-16)14-8-4-5-11-19-14/h4-5,8-11H,2-3,6-7H2,1H3. The van der Waals surface area contributed by atoms with E-state index in [0.717, 1.165) is 58.0 Å². The number of fused-ring (bicyclic) bond motifs is 1. The van der Waals surface area contributed by atoms with Gasteiger partial charge in [0.2, 0.25) is 0 Å². The van der Waals surface area contributed by atoms with Gasteiger partial charge in [-0.3, -0.25) is 9.78 Å². The van der Waals surface area contributed by atoms with Crippen molar-refractivity contribution in [3.8, 4) is 21.1 Å². The second kappa shape index (κ2) is 5.74. The molecule has 116 valence electrons. The lowest BCUT2D eigenvalue weighted by atomic mass is 9.91. The van der Waals surface area contributed by atoms with E-state index in [4.69, 9.17) is 0 Å². The molecule has 0 atom stereocenters. The molecule has 0 unspecified atom stereocenters. The first-order chi connectivity index (χ1) is 11.2. The molecule has 1 aliphatic rings. The maximum Gasteiger partial charge on any atom is 0.269 e. The van der Waals surface area contributed by atoms with Crippen molar-refractivity contribution >= 4 is 11.3 Å². The minimum absolute atomic E-state index is 0.0601. The molecule has 0 aromatic carbocycles. The van der Waals surface area contributed by atoms with E-state index < -0.39 is 0 Å². The zero-order valence-corrected chi connectivity index (χ0v) is 13.8. The predicted octanol–water partition coefficient (Wildman–Crippen LogP) is 3.45. The average Bonchev–Trinajstić information content (AvgIpc) is 3.09. The van der Waals surface area contributed by atoms with Crippen LogP contribution in [0.25, 0.3) is 21.1 Å². The van der Waals surface area contributed by atoms with Crippen molar-refractivity contribution in [1.29, 1.82) is 0 Å². The van der Waals surface area contributed by atoms with Gasteiger partial charge in [0.25, 0.3) is 5.56 Å². The highest BCUT2D eigenvalue weighted by Crippen LogP contribution is 2.35. The molecule has 4 rings (SSSR count). The Kier molecular flexibility index (Phi) is 3.58. The van der Waals surface area contributed by atoms with Crippen molar-refractivity contribution in [2.24, 2.45) is 7.05 Å². The van der Waals surface area contributed by atoms with Gasteiger partial charge < -0.3 is 0 Å². The fourth-order valence-electron chi connectivity index (χ4n) is 3.16. The van der Waals surface area contributed by atoms with Gasteiger partial charge in [-0.25, -0.2) is 4.68 Å². The van der Waals surface area contributed by atoms with Gasteiger partial charge in [0.05, 0.1) is 15.4 Å². The number of hydrogen-bond acceptors (Lipinski definition) is 4. The van der Waals surface area contributed by atoms with Crippen LogP contribution in [0.4, 0.5) is 0 Å². The predicted molar refractivity (Wildman–Crippen MR) is 92.7 cm³/mol. The summed E-state index contributed by atoms with van der Waals surface area (Å²) < 4.78 is 1.49. The van der Waals surface area contributed by atoms with Gasteiger partial charge in [-0.2, -0.15) is 5.10 Å². The van der Waals surface area contributed by atoms with Crippen molar-refractivity contribution in [1.82, 2.24) is 14.8 Å².